The number of benzene rings is 2. The predicted octanol–water partition coefficient (Wildman–Crippen LogP) is 4.54. The molecule has 0 aliphatic carbocycles. The van der Waals surface area contributed by atoms with Gasteiger partial charge >= 0.3 is 6.09 Å². The van der Waals surface area contributed by atoms with Crippen molar-refractivity contribution in [3.8, 4) is 0 Å². The molecule has 0 bridgehead atoms. The van der Waals surface area contributed by atoms with Crippen molar-refractivity contribution in [2.24, 2.45) is 0 Å². The first-order valence-electron chi connectivity index (χ1n) is 15.9. The van der Waals surface area contributed by atoms with Crippen LogP contribution >= 0.6 is 0 Å². The molecule has 0 radical (unpaired) electrons. The van der Waals surface area contributed by atoms with Crippen LogP contribution in [0.25, 0.3) is 0 Å². The molecule has 2 aromatic carbocycles. The minimum Gasteiger partial charge on any atom is -0.444 e. The van der Waals surface area contributed by atoms with E-state index in [0.29, 0.717) is 43.7 Å². The second-order valence-electron chi connectivity index (χ2n) is 14.6. The third-order valence-corrected chi connectivity index (χ3v) is 9.80. The summed E-state index contributed by atoms with van der Waals surface area (Å²) in [6.45, 7) is 12.6. The first kappa shape index (κ1) is 30.6. The molecule has 4 aliphatic heterocycles. The van der Waals surface area contributed by atoms with Crippen LogP contribution in [0.5, 0.6) is 0 Å². The van der Waals surface area contributed by atoms with Gasteiger partial charge in [-0.05, 0) is 81.3 Å². The highest BCUT2D eigenvalue weighted by Gasteiger charge is 2.44. The van der Waals surface area contributed by atoms with Gasteiger partial charge in [0, 0.05) is 49.3 Å². The van der Waals surface area contributed by atoms with Crippen LogP contribution < -0.4 is 0 Å². The number of carbonyl (C=O) groups is 3. The van der Waals surface area contributed by atoms with E-state index in [1.54, 1.807) is 21.9 Å². The second-order valence-corrected chi connectivity index (χ2v) is 14.6. The number of rotatable bonds is 4. The Labute approximate surface area is 260 Å². The summed E-state index contributed by atoms with van der Waals surface area (Å²) < 4.78 is 11.5. The van der Waals surface area contributed by atoms with Crippen molar-refractivity contribution in [2.45, 2.75) is 95.6 Å². The van der Waals surface area contributed by atoms with Gasteiger partial charge in [0.15, 0.2) is 0 Å². The Morgan fingerprint density at radius 3 is 2.39 bits per heavy atom. The van der Waals surface area contributed by atoms with Crippen molar-refractivity contribution < 1.29 is 29.0 Å². The van der Waals surface area contributed by atoms with Crippen molar-refractivity contribution >= 4 is 17.9 Å². The summed E-state index contributed by atoms with van der Waals surface area (Å²) in [5.41, 5.74) is 2.93. The zero-order valence-corrected chi connectivity index (χ0v) is 26.6. The maximum Gasteiger partial charge on any atom is 0.410 e. The third kappa shape index (κ3) is 5.84. The fourth-order valence-corrected chi connectivity index (χ4v) is 7.22. The normalized spacial score (nSPS) is 23.0. The fraction of sp³-hybridized carbons (Fsp3) is 0.571. The van der Waals surface area contributed by atoms with E-state index in [-0.39, 0.29) is 24.0 Å². The Hall–Kier alpha value is -3.43. The molecule has 2 fully saturated rings. The number of nitrogens with zero attached hydrogens (tertiary/aromatic N) is 3. The summed E-state index contributed by atoms with van der Waals surface area (Å²) >= 11 is 0. The Morgan fingerprint density at radius 1 is 1.07 bits per heavy atom. The lowest BCUT2D eigenvalue weighted by Crippen LogP contribution is -2.57. The molecule has 6 rings (SSSR count). The number of ether oxygens (including phenoxy) is 2. The van der Waals surface area contributed by atoms with Gasteiger partial charge in [-0.25, -0.2) is 4.79 Å². The number of aliphatic hydroxyl groups is 1. The predicted molar refractivity (Wildman–Crippen MR) is 166 cm³/mol. The van der Waals surface area contributed by atoms with Crippen molar-refractivity contribution in [2.75, 3.05) is 32.8 Å². The van der Waals surface area contributed by atoms with Crippen LogP contribution in [0.1, 0.15) is 91.3 Å². The van der Waals surface area contributed by atoms with E-state index in [0.717, 1.165) is 42.6 Å². The number of hydrogen-bond donors (Lipinski definition) is 1. The number of β-amino-alcohol motifs (C(OH)–C–C–N with tert-alkyl or cyclic N) is 1. The minimum absolute atomic E-state index is 0.0112. The quantitative estimate of drug-likeness (QED) is 0.551. The van der Waals surface area contributed by atoms with Crippen molar-refractivity contribution in [3.05, 3.63) is 70.3 Å². The van der Waals surface area contributed by atoms with Crippen LogP contribution in [0.3, 0.4) is 0 Å². The molecule has 2 atom stereocenters. The van der Waals surface area contributed by atoms with Crippen LogP contribution in [0, 0.1) is 0 Å². The van der Waals surface area contributed by atoms with Gasteiger partial charge in [-0.15, -0.1) is 0 Å². The number of aliphatic hydroxyl groups excluding tert-OH is 1. The van der Waals surface area contributed by atoms with Gasteiger partial charge < -0.3 is 24.4 Å². The van der Waals surface area contributed by atoms with Crippen molar-refractivity contribution in [3.63, 3.8) is 0 Å². The van der Waals surface area contributed by atoms with Crippen molar-refractivity contribution in [1.29, 1.82) is 0 Å². The lowest BCUT2D eigenvalue weighted by atomic mass is 9.77. The molecule has 1 spiro atoms. The fourth-order valence-electron chi connectivity index (χ4n) is 7.22. The lowest BCUT2D eigenvalue weighted by Gasteiger charge is -2.47. The Kier molecular flexibility index (Phi) is 7.77. The van der Waals surface area contributed by atoms with Crippen LogP contribution in [0.2, 0.25) is 0 Å². The first-order valence-corrected chi connectivity index (χ1v) is 15.9. The highest BCUT2D eigenvalue weighted by atomic mass is 16.6. The van der Waals surface area contributed by atoms with E-state index in [4.69, 9.17) is 9.47 Å². The van der Waals surface area contributed by atoms with Gasteiger partial charge in [0.05, 0.1) is 24.4 Å². The summed E-state index contributed by atoms with van der Waals surface area (Å²) in [4.78, 5) is 45.7. The smallest absolute Gasteiger partial charge is 0.410 e. The molecule has 2 aromatic rings. The molecule has 9 heteroatoms. The van der Waals surface area contributed by atoms with Crippen molar-refractivity contribution in [1.82, 2.24) is 14.7 Å². The van der Waals surface area contributed by atoms with Crippen LogP contribution in [-0.4, -0.2) is 93.8 Å². The Balaban J connectivity index is 1.19. The van der Waals surface area contributed by atoms with E-state index in [1.807, 2.05) is 56.0 Å². The topological polar surface area (TPSA) is 99.6 Å². The largest absolute Gasteiger partial charge is 0.444 e. The van der Waals surface area contributed by atoms with E-state index in [9.17, 15) is 19.5 Å². The van der Waals surface area contributed by atoms with Crippen LogP contribution in [0.4, 0.5) is 4.79 Å². The zero-order valence-electron chi connectivity index (χ0n) is 26.6. The molecular weight excluding hydrogens is 558 g/mol. The van der Waals surface area contributed by atoms with Gasteiger partial charge in [0.2, 0.25) is 0 Å². The van der Waals surface area contributed by atoms with Gasteiger partial charge in [-0.2, -0.15) is 0 Å². The molecule has 236 valence electrons. The van der Waals surface area contributed by atoms with Crippen LogP contribution in [-0.2, 0) is 27.9 Å². The molecule has 2 saturated heterocycles. The van der Waals surface area contributed by atoms with Gasteiger partial charge in [0.25, 0.3) is 11.8 Å². The number of piperidine rings is 1. The molecule has 44 heavy (non-hydrogen) atoms. The number of carbonyl (C=O) groups excluding carboxylic acids is 3. The Bertz CT molecular complexity index is 1450. The summed E-state index contributed by atoms with van der Waals surface area (Å²) in [5.74, 6) is -0.192. The van der Waals surface area contributed by atoms with E-state index in [2.05, 4.69) is 13.8 Å². The number of fused-ring (bicyclic) bond motifs is 2. The standard InChI is InChI=1S/C35H45N3O6/c1-33(2,3)44-32(42)38-20-25-9-7-6-8-23(25)19-28(38)29(39)21-37-22-34(4,5)27-18-24(10-11-26(27)31(37)41)30(40)36-15-12-35(13-16-36)14-17-43-35/h6-11,18,28-29,39H,12-17,19-22H2,1-5H3/t28-,29+/m0/s1. The Morgan fingerprint density at radius 2 is 1.75 bits per heavy atom. The van der Waals surface area contributed by atoms with Gasteiger partial charge in [-0.1, -0.05) is 38.1 Å². The molecule has 0 aromatic heterocycles. The number of hydrogen-bond acceptors (Lipinski definition) is 6. The minimum atomic E-state index is -0.986. The van der Waals surface area contributed by atoms with E-state index in [1.165, 1.54) is 0 Å². The van der Waals surface area contributed by atoms with E-state index < -0.39 is 29.3 Å². The van der Waals surface area contributed by atoms with Gasteiger partial charge in [-0.3, -0.25) is 14.5 Å². The molecular formula is C35H45N3O6. The monoisotopic (exact) mass is 603 g/mol. The average molecular weight is 604 g/mol. The maximum atomic E-state index is 13.8. The van der Waals surface area contributed by atoms with E-state index >= 15 is 0 Å². The third-order valence-electron chi connectivity index (χ3n) is 9.80. The molecule has 1 N–H and O–H groups in total. The summed E-state index contributed by atoms with van der Waals surface area (Å²) in [7, 11) is 0. The second kappa shape index (κ2) is 11.2. The molecule has 0 unspecified atom stereocenters. The summed E-state index contributed by atoms with van der Waals surface area (Å²) in [6.07, 6.45) is 1.80. The molecule has 4 aliphatic rings. The SMILES string of the molecule is CC(C)(C)OC(=O)N1Cc2ccccc2C[C@H]1[C@H](O)CN1CC(C)(C)c2cc(C(=O)N3CCC4(CCO4)CC3)ccc2C1=O. The zero-order chi connectivity index (χ0) is 31.4. The number of likely N-dealkylation sites (tertiary alicyclic amines) is 1. The average Bonchev–Trinajstić information content (AvgIpc) is 2.96. The molecule has 0 saturated carbocycles. The van der Waals surface area contributed by atoms with Gasteiger partial charge in [0.1, 0.15) is 5.60 Å². The highest BCUT2D eigenvalue weighted by molar-refractivity contribution is 6.00. The number of amides is 3. The van der Waals surface area contributed by atoms with Crippen LogP contribution in [0.15, 0.2) is 42.5 Å². The molecule has 4 heterocycles. The molecule has 3 amide bonds. The highest BCUT2D eigenvalue weighted by Crippen LogP contribution is 2.38. The maximum absolute atomic E-state index is 13.8. The summed E-state index contributed by atoms with van der Waals surface area (Å²) in [5, 5.41) is 11.6. The lowest BCUT2D eigenvalue weighted by molar-refractivity contribution is -0.169. The first-order chi connectivity index (χ1) is 20.8. The summed E-state index contributed by atoms with van der Waals surface area (Å²) in [6, 6.07) is 12.8. The molecule has 9 nitrogen and oxygen atoms in total.